The van der Waals surface area contributed by atoms with E-state index in [0.29, 0.717) is 23.7 Å². The van der Waals surface area contributed by atoms with Gasteiger partial charge in [0.15, 0.2) is 11.5 Å². The van der Waals surface area contributed by atoms with Crippen molar-refractivity contribution >= 4 is 5.69 Å². The number of hydrogen-bond donors (Lipinski definition) is 0. The number of nitro benzene ring substituents is 1. The summed E-state index contributed by atoms with van der Waals surface area (Å²) < 4.78 is 15.8. The molecule has 0 unspecified atom stereocenters. The van der Waals surface area contributed by atoms with Crippen molar-refractivity contribution in [2.24, 2.45) is 0 Å². The maximum atomic E-state index is 11.2. The molecule has 2 rings (SSSR count). The lowest BCUT2D eigenvalue weighted by Gasteiger charge is -2.11. The highest BCUT2D eigenvalue weighted by Crippen LogP contribution is 2.34. The summed E-state index contributed by atoms with van der Waals surface area (Å²) in [7, 11) is 2.92. The second-order valence-corrected chi connectivity index (χ2v) is 4.57. The second-order valence-electron chi connectivity index (χ2n) is 4.57. The van der Waals surface area contributed by atoms with E-state index in [2.05, 4.69) is 0 Å². The number of nitrogens with zero attached hydrogens (tertiary/aromatic N) is 1. The van der Waals surface area contributed by atoms with Crippen LogP contribution in [0.2, 0.25) is 0 Å². The molecule has 0 aromatic heterocycles. The molecule has 0 aliphatic heterocycles. The lowest BCUT2D eigenvalue weighted by Crippen LogP contribution is -2.01. The molecule has 0 saturated heterocycles. The van der Waals surface area contributed by atoms with Crippen LogP contribution in [0, 0.1) is 10.1 Å². The summed E-state index contributed by atoms with van der Waals surface area (Å²) >= 11 is 0. The van der Waals surface area contributed by atoms with Crippen LogP contribution in [0.3, 0.4) is 0 Å². The molecule has 6 heteroatoms. The Balaban J connectivity index is 2.16. The zero-order chi connectivity index (χ0) is 15.9. The van der Waals surface area contributed by atoms with Crippen LogP contribution in [0.15, 0.2) is 42.5 Å². The van der Waals surface area contributed by atoms with Gasteiger partial charge in [0.25, 0.3) is 5.69 Å². The van der Waals surface area contributed by atoms with Crippen molar-refractivity contribution in [3.63, 3.8) is 0 Å². The number of ether oxygens (including phenoxy) is 3. The zero-order valence-corrected chi connectivity index (χ0v) is 12.4. The normalized spacial score (nSPS) is 10.3. The molecule has 0 aliphatic carbocycles. The van der Waals surface area contributed by atoms with Gasteiger partial charge in [-0.3, -0.25) is 10.1 Å². The van der Waals surface area contributed by atoms with Gasteiger partial charge < -0.3 is 14.2 Å². The lowest BCUT2D eigenvalue weighted by atomic mass is 10.1. The molecule has 0 radical (unpaired) electrons. The molecule has 2 aromatic carbocycles. The molecular formula is C16H17NO5. The summed E-state index contributed by atoms with van der Waals surface area (Å²) in [6, 6.07) is 12.5. The smallest absolute Gasteiger partial charge is 0.278 e. The highest BCUT2D eigenvalue weighted by Gasteiger charge is 2.19. The molecule has 0 bridgehead atoms. The largest absolute Gasteiger partial charge is 0.493 e. The molecule has 0 N–H and O–H groups in total. The summed E-state index contributed by atoms with van der Waals surface area (Å²) in [4.78, 5) is 10.7. The van der Waals surface area contributed by atoms with Gasteiger partial charge in [-0.25, -0.2) is 0 Å². The fraction of sp³-hybridized carbons (Fsp3) is 0.250. The molecular weight excluding hydrogens is 286 g/mol. The summed E-state index contributed by atoms with van der Waals surface area (Å²) in [5, 5.41) is 11.2. The van der Waals surface area contributed by atoms with E-state index in [1.807, 2.05) is 30.3 Å². The third kappa shape index (κ3) is 3.73. The second kappa shape index (κ2) is 7.42. The average molecular weight is 303 g/mol. The van der Waals surface area contributed by atoms with Gasteiger partial charge in [0.05, 0.1) is 44.0 Å². The van der Waals surface area contributed by atoms with Gasteiger partial charge >= 0.3 is 0 Å². The first-order chi connectivity index (χ1) is 10.7. The van der Waals surface area contributed by atoms with Crippen molar-refractivity contribution in [2.75, 3.05) is 14.2 Å². The van der Waals surface area contributed by atoms with Crippen LogP contribution in [0.5, 0.6) is 11.5 Å². The third-order valence-electron chi connectivity index (χ3n) is 3.15. The van der Waals surface area contributed by atoms with E-state index in [1.54, 1.807) is 6.07 Å². The van der Waals surface area contributed by atoms with Crippen LogP contribution < -0.4 is 9.47 Å². The molecule has 0 atom stereocenters. The van der Waals surface area contributed by atoms with Gasteiger partial charge in [0.2, 0.25) is 0 Å². The van der Waals surface area contributed by atoms with E-state index < -0.39 is 4.92 Å². The standard InChI is InChI=1S/C16H17NO5/c1-20-15-8-13(14(17(18)19)9-16(15)21-2)11-22-10-12-6-4-3-5-7-12/h3-9H,10-11H2,1-2H3. The monoisotopic (exact) mass is 303 g/mol. The Morgan fingerprint density at radius 1 is 1.00 bits per heavy atom. The van der Waals surface area contributed by atoms with E-state index in [-0.39, 0.29) is 12.3 Å². The predicted molar refractivity (Wildman–Crippen MR) is 81.1 cm³/mol. The van der Waals surface area contributed by atoms with Gasteiger partial charge in [-0.1, -0.05) is 30.3 Å². The minimum absolute atomic E-state index is 0.0503. The Hall–Kier alpha value is -2.60. The molecule has 2 aromatic rings. The van der Waals surface area contributed by atoms with E-state index in [1.165, 1.54) is 20.3 Å². The first-order valence-corrected chi connectivity index (χ1v) is 6.66. The Morgan fingerprint density at radius 3 is 2.23 bits per heavy atom. The van der Waals surface area contributed by atoms with Crippen molar-refractivity contribution in [1.29, 1.82) is 0 Å². The fourth-order valence-corrected chi connectivity index (χ4v) is 2.05. The Kier molecular flexibility index (Phi) is 5.32. The Morgan fingerprint density at radius 2 is 1.64 bits per heavy atom. The van der Waals surface area contributed by atoms with Crippen molar-refractivity contribution < 1.29 is 19.1 Å². The van der Waals surface area contributed by atoms with Crippen LogP contribution in [-0.4, -0.2) is 19.1 Å². The predicted octanol–water partition coefficient (Wildman–Crippen LogP) is 3.33. The first kappa shape index (κ1) is 15.8. The molecule has 22 heavy (non-hydrogen) atoms. The zero-order valence-electron chi connectivity index (χ0n) is 12.4. The van der Waals surface area contributed by atoms with Gasteiger partial charge in [-0.05, 0) is 11.6 Å². The summed E-state index contributed by atoms with van der Waals surface area (Å²) in [6.07, 6.45) is 0. The molecule has 0 spiro atoms. The summed E-state index contributed by atoms with van der Waals surface area (Å²) in [6.45, 7) is 0.498. The van der Waals surface area contributed by atoms with Gasteiger partial charge in [-0.15, -0.1) is 0 Å². The molecule has 0 saturated carbocycles. The van der Waals surface area contributed by atoms with Crippen molar-refractivity contribution in [3.8, 4) is 11.5 Å². The molecule has 0 amide bonds. The Labute approximate surface area is 128 Å². The molecule has 6 nitrogen and oxygen atoms in total. The maximum Gasteiger partial charge on any atom is 0.278 e. The quantitative estimate of drug-likeness (QED) is 0.579. The lowest BCUT2D eigenvalue weighted by molar-refractivity contribution is -0.386. The minimum atomic E-state index is -0.455. The number of hydrogen-bond acceptors (Lipinski definition) is 5. The first-order valence-electron chi connectivity index (χ1n) is 6.66. The molecule has 116 valence electrons. The molecule has 0 heterocycles. The van der Waals surface area contributed by atoms with Gasteiger partial charge in [-0.2, -0.15) is 0 Å². The number of nitro groups is 1. The highest BCUT2D eigenvalue weighted by atomic mass is 16.6. The van der Waals surface area contributed by atoms with Crippen molar-refractivity contribution in [1.82, 2.24) is 0 Å². The van der Waals surface area contributed by atoms with E-state index in [0.717, 1.165) is 5.56 Å². The number of methoxy groups -OCH3 is 2. The van der Waals surface area contributed by atoms with Crippen LogP contribution in [0.25, 0.3) is 0 Å². The fourth-order valence-electron chi connectivity index (χ4n) is 2.05. The maximum absolute atomic E-state index is 11.2. The number of rotatable bonds is 7. The van der Waals surface area contributed by atoms with Crippen LogP contribution in [0.1, 0.15) is 11.1 Å². The SMILES string of the molecule is COc1cc(COCc2ccccc2)c([N+](=O)[O-])cc1OC. The van der Waals surface area contributed by atoms with Crippen LogP contribution in [-0.2, 0) is 18.0 Å². The van der Waals surface area contributed by atoms with Crippen LogP contribution >= 0.6 is 0 Å². The highest BCUT2D eigenvalue weighted by molar-refractivity contribution is 5.54. The van der Waals surface area contributed by atoms with Crippen LogP contribution in [0.4, 0.5) is 5.69 Å². The molecule has 0 fully saturated rings. The topological polar surface area (TPSA) is 70.8 Å². The van der Waals surface area contributed by atoms with E-state index in [9.17, 15) is 10.1 Å². The minimum Gasteiger partial charge on any atom is -0.493 e. The van der Waals surface area contributed by atoms with Gasteiger partial charge in [0.1, 0.15) is 0 Å². The average Bonchev–Trinajstić information content (AvgIpc) is 2.55. The summed E-state index contributed by atoms with van der Waals surface area (Å²) in [5.74, 6) is 0.757. The van der Waals surface area contributed by atoms with E-state index in [4.69, 9.17) is 14.2 Å². The third-order valence-corrected chi connectivity index (χ3v) is 3.15. The van der Waals surface area contributed by atoms with Crippen molar-refractivity contribution in [2.45, 2.75) is 13.2 Å². The molecule has 0 aliphatic rings. The van der Waals surface area contributed by atoms with E-state index >= 15 is 0 Å². The van der Waals surface area contributed by atoms with Crippen molar-refractivity contribution in [3.05, 3.63) is 63.7 Å². The Bertz CT molecular complexity index is 642. The summed E-state index contributed by atoms with van der Waals surface area (Å²) in [5.41, 5.74) is 1.40. The number of benzene rings is 2. The van der Waals surface area contributed by atoms with Gasteiger partial charge in [0, 0.05) is 0 Å².